The van der Waals surface area contributed by atoms with E-state index in [1.807, 2.05) is 0 Å². The Bertz CT molecular complexity index is 568. The predicted molar refractivity (Wildman–Crippen MR) is 74.1 cm³/mol. The van der Waals surface area contributed by atoms with Crippen molar-refractivity contribution in [2.24, 2.45) is 0 Å². The number of hydrogen-bond acceptors (Lipinski definition) is 4. The molecular formula is C12H19N3O3S. The van der Waals surface area contributed by atoms with Crippen LogP contribution in [0.2, 0.25) is 0 Å². The van der Waals surface area contributed by atoms with E-state index < -0.39 is 10.0 Å². The number of hydrogen-bond donors (Lipinski definition) is 3. The zero-order valence-electron chi connectivity index (χ0n) is 11.2. The first kappa shape index (κ1) is 15.5. The highest BCUT2D eigenvalue weighted by Gasteiger charge is 2.18. The third-order valence-corrected chi connectivity index (χ3v) is 4.03. The largest absolute Gasteiger partial charge is 0.398 e. The number of nitrogen functional groups attached to an aromatic ring is 1. The molecule has 0 unspecified atom stereocenters. The molecule has 0 heterocycles. The topological polar surface area (TPSA) is 101 Å². The number of sulfonamides is 1. The van der Waals surface area contributed by atoms with E-state index in [-0.39, 0.29) is 23.4 Å². The monoisotopic (exact) mass is 285 g/mol. The molecule has 1 aromatic carbocycles. The van der Waals surface area contributed by atoms with Gasteiger partial charge in [0.2, 0.25) is 15.9 Å². The molecule has 0 bridgehead atoms. The highest BCUT2D eigenvalue weighted by Crippen LogP contribution is 2.19. The van der Waals surface area contributed by atoms with Crippen LogP contribution in [0.3, 0.4) is 0 Å². The smallest absolute Gasteiger partial charge is 0.241 e. The molecule has 4 N–H and O–H groups in total. The standard InChI is InChI=1S/C12H19N3O3S/c1-8(2)15-12(16)7-14-19(17,18)11-6-4-5-10(13)9(11)3/h4-6,8,14H,7,13H2,1-3H3,(H,15,16). The second-order valence-corrected chi connectivity index (χ2v) is 6.25. The number of amides is 1. The summed E-state index contributed by atoms with van der Waals surface area (Å²) in [4.78, 5) is 11.5. The van der Waals surface area contributed by atoms with E-state index in [1.54, 1.807) is 32.9 Å². The number of carbonyl (C=O) groups is 1. The Morgan fingerprint density at radius 1 is 1.37 bits per heavy atom. The first-order valence-corrected chi connectivity index (χ1v) is 7.36. The van der Waals surface area contributed by atoms with Crippen molar-refractivity contribution in [3.63, 3.8) is 0 Å². The van der Waals surface area contributed by atoms with Gasteiger partial charge in [-0.3, -0.25) is 4.79 Å². The summed E-state index contributed by atoms with van der Waals surface area (Å²) < 4.78 is 26.4. The van der Waals surface area contributed by atoms with E-state index >= 15 is 0 Å². The maximum absolute atomic E-state index is 12.0. The molecule has 6 nitrogen and oxygen atoms in total. The van der Waals surface area contributed by atoms with Crippen molar-refractivity contribution in [3.8, 4) is 0 Å². The Morgan fingerprint density at radius 2 is 2.00 bits per heavy atom. The highest BCUT2D eigenvalue weighted by atomic mass is 32.2. The molecule has 0 fully saturated rings. The van der Waals surface area contributed by atoms with Crippen LogP contribution in [0, 0.1) is 6.92 Å². The summed E-state index contributed by atoms with van der Waals surface area (Å²) in [5.41, 5.74) is 6.54. The number of nitrogens with one attached hydrogen (secondary N) is 2. The first-order valence-electron chi connectivity index (χ1n) is 5.88. The van der Waals surface area contributed by atoms with Gasteiger partial charge in [-0.1, -0.05) is 6.07 Å². The third-order valence-electron chi connectivity index (χ3n) is 2.49. The number of nitrogens with two attached hydrogens (primary N) is 1. The lowest BCUT2D eigenvalue weighted by Gasteiger charge is -2.12. The van der Waals surface area contributed by atoms with E-state index in [9.17, 15) is 13.2 Å². The Morgan fingerprint density at radius 3 is 2.58 bits per heavy atom. The van der Waals surface area contributed by atoms with E-state index in [0.717, 1.165) is 0 Å². The Labute approximate surface area is 113 Å². The number of carbonyl (C=O) groups excluding carboxylic acids is 1. The molecular weight excluding hydrogens is 266 g/mol. The molecule has 19 heavy (non-hydrogen) atoms. The molecule has 0 saturated carbocycles. The summed E-state index contributed by atoms with van der Waals surface area (Å²) >= 11 is 0. The molecule has 106 valence electrons. The van der Waals surface area contributed by atoms with Crippen molar-refractivity contribution in [1.29, 1.82) is 0 Å². The van der Waals surface area contributed by atoms with Gasteiger partial charge in [0.15, 0.2) is 0 Å². The van der Waals surface area contributed by atoms with Crippen molar-refractivity contribution < 1.29 is 13.2 Å². The lowest BCUT2D eigenvalue weighted by Crippen LogP contribution is -2.39. The van der Waals surface area contributed by atoms with Crippen LogP contribution in [-0.4, -0.2) is 26.9 Å². The van der Waals surface area contributed by atoms with Crippen LogP contribution in [0.4, 0.5) is 5.69 Å². The molecule has 1 aromatic rings. The van der Waals surface area contributed by atoms with Gasteiger partial charge in [0.1, 0.15) is 0 Å². The van der Waals surface area contributed by atoms with Crippen molar-refractivity contribution in [3.05, 3.63) is 23.8 Å². The minimum atomic E-state index is -3.74. The third kappa shape index (κ3) is 4.22. The van der Waals surface area contributed by atoms with E-state index in [0.29, 0.717) is 11.3 Å². The van der Waals surface area contributed by atoms with Gasteiger partial charge >= 0.3 is 0 Å². The molecule has 0 aromatic heterocycles. The summed E-state index contributed by atoms with van der Waals surface area (Å²) in [6.45, 7) is 4.93. The van der Waals surface area contributed by atoms with Gasteiger partial charge in [-0.2, -0.15) is 0 Å². The maximum Gasteiger partial charge on any atom is 0.241 e. The lowest BCUT2D eigenvalue weighted by atomic mass is 10.2. The van der Waals surface area contributed by atoms with Crippen molar-refractivity contribution in [2.45, 2.75) is 31.7 Å². The Balaban J connectivity index is 2.82. The molecule has 0 spiro atoms. The second kappa shape index (κ2) is 6.03. The van der Waals surface area contributed by atoms with Crippen LogP contribution in [-0.2, 0) is 14.8 Å². The average Bonchev–Trinajstić information content (AvgIpc) is 2.29. The summed E-state index contributed by atoms with van der Waals surface area (Å²) in [5, 5.41) is 2.60. The zero-order chi connectivity index (χ0) is 14.6. The van der Waals surface area contributed by atoms with Crippen molar-refractivity contribution >= 4 is 21.6 Å². The first-order chi connectivity index (χ1) is 8.74. The molecule has 1 amide bonds. The second-order valence-electron chi connectivity index (χ2n) is 4.52. The summed E-state index contributed by atoms with van der Waals surface area (Å²) in [5.74, 6) is -0.375. The molecule has 0 aliphatic rings. The quantitative estimate of drug-likeness (QED) is 0.681. The molecule has 0 atom stereocenters. The van der Waals surface area contributed by atoms with Gasteiger partial charge in [-0.05, 0) is 38.5 Å². The fourth-order valence-corrected chi connectivity index (χ4v) is 2.79. The van der Waals surface area contributed by atoms with Crippen LogP contribution in [0.15, 0.2) is 23.1 Å². The highest BCUT2D eigenvalue weighted by molar-refractivity contribution is 7.89. The molecule has 7 heteroatoms. The fraction of sp³-hybridized carbons (Fsp3) is 0.417. The van der Waals surface area contributed by atoms with Gasteiger partial charge in [0.25, 0.3) is 0 Å². The molecule has 0 aliphatic heterocycles. The van der Waals surface area contributed by atoms with Crippen LogP contribution in [0.5, 0.6) is 0 Å². The van der Waals surface area contributed by atoms with Gasteiger partial charge in [-0.25, -0.2) is 13.1 Å². The maximum atomic E-state index is 12.0. The molecule has 1 rings (SSSR count). The number of anilines is 1. The van der Waals surface area contributed by atoms with Crippen LogP contribution in [0.1, 0.15) is 19.4 Å². The van der Waals surface area contributed by atoms with E-state index in [2.05, 4.69) is 10.0 Å². The van der Waals surface area contributed by atoms with Gasteiger partial charge in [0.05, 0.1) is 11.4 Å². The summed E-state index contributed by atoms with van der Waals surface area (Å²) in [6.07, 6.45) is 0. The summed E-state index contributed by atoms with van der Waals surface area (Å²) in [7, 11) is -3.74. The summed E-state index contributed by atoms with van der Waals surface area (Å²) in [6, 6.07) is 4.60. The van der Waals surface area contributed by atoms with E-state index in [1.165, 1.54) is 6.07 Å². The SMILES string of the molecule is Cc1c(N)cccc1S(=O)(=O)NCC(=O)NC(C)C. The minimum absolute atomic E-state index is 0.0360. The molecule has 0 saturated heterocycles. The average molecular weight is 285 g/mol. The van der Waals surface area contributed by atoms with E-state index in [4.69, 9.17) is 5.73 Å². The molecule has 0 aliphatic carbocycles. The van der Waals surface area contributed by atoms with Crippen LogP contribution < -0.4 is 15.8 Å². The predicted octanol–water partition coefficient (Wildman–Crippen LogP) is 0.380. The van der Waals surface area contributed by atoms with Gasteiger partial charge in [0, 0.05) is 11.7 Å². The Hall–Kier alpha value is -1.60. The van der Waals surface area contributed by atoms with Crippen molar-refractivity contribution in [1.82, 2.24) is 10.0 Å². The fourth-order valence-electron chi connectivity index (χ4n) is 1.53. The normalized spacial score (nSPS) is 11.6. The van der Waals surface area contributed by atoms with Gasteiger partial charge in [-0.15, -0.1) is 0 Å². The lowest BCUT2D eigenvalue weighted by molar-refractivity contribution is -0.120. The zero-order valence-corrected chi connectivity index (χ0v) is 12.0. The van der Waals surface area contributed by atoms with Gasteiger partial charge < -0.3 is 11.1 Å². The van der Waals surface area contributed by atoms with Crippen LogP contribution in [0.25, 0.3) is 0 Å². The minimum Gasteiger partial charge on any atom is -0.398 e. The van der Waals surface area contributed by atoms with Crippen molar-refractivity contribution in [2.75, 3.05) is 12.3 Å². The molecule has 0 radical (unpaired) electrons. The number of benzene rings is 1. The number of rotatable bonds is 5. The Kier molecular flexibility index (Phi) is 4.90. The van der Waals surface area contributed by atoms with Crippen LogP contribution >= 0.6 is 0 Å².